The average molecular weight is 226 g/mol. The van der Waals surface area contributed by atoms with Crippen molar-refractivity contribution in [3.05, 3.63) is 12.7 Å². The molecule has 0 N–H and O–H groups in total. The molecular formula is C12H18O4. The number of carbonyl (C=O) groups excluding carboxylic acids is 2. The molecule has 1 saturated heterocycles. The molecule has 4 nitrogen and oxygen atoms in total. The van der Waals surface area contributed by atoms with Gasteiger partial charge in [-0.2, -0.15) is 0 Å². The molecule has 1 aliphatic heterocycles. The van der Waals surface area contributed by atoms with E-state index < -0.39 is 5.97 Å². The minimum absolute atomic E-state index is 0.0418. The van der Waals surface area contributed by atoms with Gasteiger partial charge in [0.1, 0.15) is 6.10 Å². The molecule has 1 fully saturated rings. The smallest absolute Gasteiger partial charge is 0.330 e. The summed E-state index contributed by atoms with van der Waals surface area (Å²) in [6.45, 7) is 7.64. The Hall–Kier alpha value is -1.32. The molecule has 3 unspecified atom stereocenters. The zero-order valence-electron chi connectivity index (χ0n) is 9.77. The van der Waals surface area contributed by atoms with Crippen molar-refractivity contribution in [1.29, 1.82) is 0 Å². The Kier molecular flexibility index (Phi) is 4.52. The monoisotopic (exact) mass is 226 g/mol. The Bertz CT molecular complexity index is 285. The normalized spacial score (nSPS) is 23.4. The molecule has 16 heavy (non-hydrogen) atoms. The van der Waals surface area contributed by atoms with Gasteiger partial charge in [0.2, 0.25) is 0 Å². The van der Waals surface area contributed by atoms with E-state index in [1.54, 1.807) is 0 Å². The van der Waals surface area contributed by atoms with Gasteiger partial charge in [0.05, 0.1) is 12.5 Å². The molecular weight excluding hydrogens is 208 g/mol. The van der Waals surface area contributed by atoms with Crippen molar-refractivity contribution in [3.63, 3.8) is 0 Å². The van der Waals surface area contributed by atoms with E-state index in [4.69, 9.17) is 9.47 Å². The lowest BCUT2D eigenvalue weighted by molar-refractivity contribution is -0.145. The van der Waals surface area contributed by atoms with Crippen LogP contribution in [0.25, 0.3) is 0 Å². The molecule has 1 aliphatic rings. The van der Waals surface area contributed by atoms with E-state index in [2.05, 4.69) is 6.58 Å². The molecule has 0 radical (unpaired) electrons. The zero-order valence-corrected chi connectivity index (χ0v) is 9.77. The van der Waals surface area contributed by atoms with Gasteiger partial charge in [0, 0.05) is 6.08 Å². The summed E-state index contributed by atoms with van der Waals surface area (Å²) in [6.07, 6.45) is 2.40. The number of hydrogen-bond donors (Lipinski definition) is 0. The second kappa shape index (κ2) is 5.68. The molecule has 90 valence electrons. The van der Waals surface area contributed by atoms with Gasteiger partial charge in [-0.1, -0.05) is 13.5 Å². The van der Waals surface area contributed by atoms with Gasteiger partial charge >= 0.3 is 11.9 Å². The standard InChI is InChI=1S/C12H18O4/c1-4-11(13)16-9(3)8(2)7-10-5-6-15-12(10)14/h4,8-10H,1,5-7H2,2-3H3. The zero-order chi connectivity index (χ0) is 12.1. The Morgan fingerprint density at radius 3 is 2.88 bits per heavy atom. The van der Waals surface area contributed by atoms with Gasteiger partial charge in [-0.25, -0.2) is 4.79 Å². The second-order valence-electron chi connectivity index (χ2n) is 4.21. The number of cyclic esters (lactones) is 1. The number of hydrogen-bond acceptors (Lipinski definition) is 4. The van der Waals surface area contributed by atoms with Gasteiger partial charge in [-0.3, -0.25) is 4.79 Å². The van der Waals surface area contributed by atoms with Crippen molar-refractivity contribution in [1.82, 2.24) is 0 Å². The van der Waals surface area contributed by atoms with Crippen molar-refractivity contribution in [3.8, 4) is 0 Å². The number of esters is 2. The molecule has 3 atom stereocenters. The van der Waals surface area contributed by atoms with Crippen LogP contribution in [0.5, 0.6) is 0 Å². The van der Waals surface area contributed by atoms with Crippen LogP contribution in [0.3, 0.4) is 0 Å². The molecule has 0 aliphatic carbocycles. The third-order valence-corrected chi connectivity index (χ3v) is 2.97. The lowest BCUT2D eigenvalue weighted by Crippen LogP contribution is -2.24. The van der Waals surface area contributed by atoms with Crippen LogP contribution < -0.4 is 0 Å². The average Bonchev–Trinajstić information content (AvgIpc) is 2.64. The quantitative estimate of drug-likeness (QED) is 0.529. The maximum absolute atomic E-state index is 11.3. The highest BCUT2D eigenvalue weighted by Crippen LogP contribution is 2.25. The maximum atomic E-state index is 11.3. The van der Waals surface area contributed by atoms with Gasteiger partial charge in [0.15, 0.2) is 0 Å². The van der Waals surface area contributed by atoms with Crippen molar-refractivity contribution >= 4 is 11.9 Å². The molecule has 1 rings (SSSR count). The summed E-state index contributed by atoms with van der Waals surface area (Å²) in [5, 5.41) is 0. The molecule has 0 aromatic carbocycles. The highest BCUT2D eigenvalue weighted by atomic mass is 16.5. The Labute approximate surface area is 95.6 Å². The maximum Gasteiger partial charge on any atom is 0.330 e. The lowest BCUT2D eigenvalue weighted by Gasteiger charge is -2.21. The second-order valence-corrected chi connectivity index (χ2v) is 4.21. The third-order valence-electron chi connectivity index (χ3n) is 2.97. The summed E-state index contributed by atoms with van der Waals surface area (Å²) in [5.74, 6) is -0.457. The van der Waals surface area contributed by atoms with Crippen LogP contribution in [0.2, 0.25) is 0 Å². The molecule has 0 spiro atoms. The van der Waals surface area contributed by atoms with Gasteiger partial charge < -0.3 is 9.47 Å². The first-order valence-electron chi connectivity index (χ1n) is 5.54. The van der Waals surface area contributed by atoms with Gasteiger partial charge in [0.25, 0.3) is 0 Å². The summed E-state index contributed by atoms with van der Waals surface area (Å²) in [6, 6.07) is 0. The minimum atomic E-state index is -0.423. The number of carbonyl (C=O) groups is 2. The predicted molar refractivity (Wildman–Crippen MR) is 58.6 cm³/mol. The molecule has 0 aromatic rings. The van der Waals surface area contributed by atoms with E-state index in [1.807, 2.05) is 13.8 Å². The van der Waals surface area contributed by atoms with Crippen LogP contribution in [0.1, 0.15) is 26.7 Å². The summed E-state index contributed by atoms with van der Waals surface area (Å²) < 4.78 is 9.98. The van der Waals surface area contributed by atoms with Crippen LogP contribution in [0.4, 0.5) is 0 Å². The summed E-state index contributed by atoms with van der Waals surface area (Å²) in [5.41, 5.74) is 0. The topological polar surface area (TPSA) is 52.6 Å². The third kappa shape index (κ3) is 3.36. The largest absolute Gasteiger partial charge is 0.465 e. The molecule has 4 heteroatoms. The number of ether oxygens (including phenoxy) is 2. The predicted octanol–water partition coefficient (Wildman–Crippen LogP) is 1.69. The van der Waals surface area contributed by atoms with E-state index >= 15 is 0 Å². The van der Waals surface area contributed by atoms with Gasteiger partial charge in [-0.05, 0) is 25.7 Å². The highest BCUT2D eigenvalue weighted by molar-refractivity contribution is 5.81. The first kappa shape index (κ1) is 12.7. The van der Waals surface area contributed by atoms with E-state index in [0.717, 1.165) is 12.5 Å². The first-order valence-corrected chi connectivity index (χ1v) is 5.54. The van der Waals surface area contributed by atoms with Crippen LogP contribution >= 0.6 is 0 Å². The first-order chi connectivity index (χ1) is 7.54. The fourth-order valence-corrected chi connectivity index (χ4v) is 1.74. The molecule has 0 aromatic heterocycles. The van der Waals surface area contributed by atoms with Crippen molar-refractivity contribution in [2.75, 3.05) is 6.61 Å². The Balaban J connectivity index is 2.38. The van der Waals surface area contributed by atoms with Crippen LogP contribution in [-0.2, 0) is 19.1 Å². The highest BCUT2D eigenvalue weighted by Gasteiger charge is 2.30. The van der Waals surface area contributed by atoms with Gasteiger partial charge in [-0.15, -0.1) is 0 Å². The SMILES string of the molecule is C=CC(=O)OC(C)C(C)CC1CCOC1=O. The lowest BCUT2D eigenvalue weighted by atomic mass is 9.91. The van der Waals surface area contributed by atoms with E-state index in [-0.39, 0.29) is 23.9 Å². The van der Waals surface area contributed by atoms with E-state index in [0.29, 0.717) is 13.0 Å². The summed E-state index contributed by atoms with van der Waals surface area (Å²) in [4.78, 5) is 22.3. The van der Waals surface area contributed by atoms with E-state index in [9.17, 15) is 9.59 Å². The van der Waals surface area contributed by atoms with Crippen molar-refractivity contribution < 1.29 is 19.1 Å². The summed E-state index contributed by atoms with van der Waals surface area (Å²) in [7, 11) is 0. The molecule has 1 heterocycles. The van der Waals surface area contributed by atoms with Crippen molar-refractivity contribution in [2.45, 2.75) is 32.8 Å². The molecule has 0 saturated carbocycles. The van der Waals surface area contributed by atoms with Crippen LogP contribution in [0, 0.1) is 11.8 Å². The van der Waals surface area contributed by atoms with Crippen LogP contribution in [0.15, 0.2) is 12.7 Å². The van der Waals surface area contributed by atoms with E-state index in [1.165, 1.54) is 0 Å². The fourth-order valence-electron chi connectivity index (χ4n) is 1.74. The fraction of sp³-hybridized carbons (Fsp3) is 0.667. The van der Waals surface area contributed by atoms with Crippen molar-refractivity contribution in [2.24, 2.45) is 11.8 Å². The molecule has 0 bridgehead atoms. The van der Waals surface area contributed by atoms with Crippen LogP contribution in [-0.4, -0.2) is 24.6 Å². The number of rotatable bonds is 5. The Morgan fingerprint density at radius 2 is 2.38 bits per heavy atom. The summed E-state index contributed by atoms with van der Waals surface area (Å²) >= 11 is 0. The minimum Gasteiger partial charge on any atom is -0.465 e. The Morgan fingerprint density at radius 1 is 1.69 bits per heavy atom. The molecule has 0 amide bonds.